The lowest BCUT2D eigenvalue weighted by atomic mass is 9.91. The normalized spacial score (nSPS) is 22.1. The molecule has 106 valence electrons. The van der Waals surface area contributed by atoms with Crippen molar-refractivity contribution in [3.8, 4) is 0 Å². The van der Waals surface area contributed by atoms with E-state index in [9.17, 15) is 23.2 Å². The fourth-order valence-electron chi connectivity index (χ4n) is 2.04. The molecule has 1 atom stereocenters. The van der Waals surface area contributed by atoms with Gasteiger partial charge in [0.2, 0.25) is 0 Å². The zero-order valence-electron chi connectivity index (χ0n) is 10.3. The number of carboxylic acid groups (broad SMARTS) is 1. The van der Waals surface area contributed by atoms with Crippen LogP contribution in [0.3, 0.4) is 0 Å². The van der Waals surface area contributed by atoms with E-state index in [-0.39, 0.29) is 5.56 Å². The van der Waals surface area contributed by atoms with Gasteiger partial charge in [-0.3, -0.25) is 14.5 Å². The van der Waals surface area contributed by atoms with Gasteiger partial charge in [-0.25, -0.2) is 13.6 Å². The van der Waals surface area contributed by atoms with E-state index >= 15 is 0 Å². The van der Waals surface area contributed by atoms with Gasteiger partial charge in [0.15, 0.2) is 0 Å². The fraction of sp³-hybridized carbons (Fsp3) is 0.250. The summed E-state index contributed by atoms with van der Waals surface area (Å²) in [6, 6.07) is 1.52. The second-order valence-electron chi connectivity index (χ2n) is 4.46. The van der Waals surface area contributed by atoms with E-state index in [0.29, 0.717) is 4.90 Å². The molecule has 20 heavy (non-hydrogen) atoms. The Morgan fingerprint density at radius 2 is 2.05 bits per heavy atom. The van der Waals surface area contributed by atoms with E-state index < -0.39 is 41.6 Å². The highest BCUT2D eigenvalue weighted by Gasteiger charge is 2.50. The van der Waals surface area contributed by atoms with E-state index in [4.69, 9.17) is 5.11 Å². The average molecular weight is 284 g/mol. The number of amides is 3. The highest BCUT2D eigenvalue weighted by atomic mass is 19.1. The number of benzene rings is 1. The summed E-state index contributed by atoms with van der Waals surface area (Å²) in [6.07, 6.45) is 0. The first kappa shape index (κ1) is 13.9. The third-order valence-corrected chi connectivity index (χ3v) is 3.04. The second kappa shape index (κ2) is 4.55. The van der Waals surface area contributed by atoms with E-state index in [1.807, 2.05) is 0 Å². The van der Waals surface area contributed by atoms with Crippen LogP contribution in [0, 0.1) is 11.6 Å². The molecule has 1 saturated heterocycles. The SMILES string of the molecule is CC1(c2cc(F)ccc2F)NC(=O)N(CC(=O)O)C1=O. The number of carbonyl (C=O) groups excluding carboxylic acids is 2. The molecule has 1 unspecified atom stereocenters. The van der Waals surface area contributed by atoms with Crippen molar-refractivity contribution in [2.75, 3.05) is 6.54 Å². The van der Waals surface area contributed by atoms with Crippen LogP contribution in [-0.2, 0) is 15.1 Å². The molecule has 0 aromatic heterocycles. The fourth-order valence-corrected chi connectivity index (χ4v) is 2.04. The Hall–Kier alpha value is -2.51. The van der Waals surface area contributed by atoms with Crippen molar-refractivity contribution in [2.24, 2.45) is 0 Å². The van der Waals surface area contributed by atoms with E-state index in [2.05, 4.69) is 5.32 Å². The van der Waals surface area contributed by atoms with Crippen LogP contribution < -0.4 is 5.32 Å². The molecule has 2 N–H and O–H groups in total. The average Bonchev–Trinajstić information content (AvgIpc) is 2.56. The van der Waals surface area contributed by atoms with Gasteiger partial charge in [-0.1, -0.05) is 0 Å². The number of carboxylic acids is 1. The smallest absolute Gasteiger partial charge is 0.325 e. The molecule has 3 amide bonds. The third-order valence-electron chi connectivity index (χ3n) is 3.04. The van der Waals surface area contributed by atoms with Crippen molar-refractivity contribution in [3.05, 3.63) is 35.4 Å². The predicted molar refractivity (Wildman–Crippen MR) is 61.6 cm³/mol. The molecule has 0 saturated carbocycles. The second-order valence-corrected chi connectivity index (χ2v) is 4.46. The van der Waals surface area contributed by atoms with Crippen molar-refractivity contribution in [1.82, 2.24) is 10.2 Å². The summed E-state index contributed by atoms with van der Waals surface area (Å²) in [7, 11) is 0. The van der Waals surface area contributed by atoms with E-state index in [1.54, 1.807) is 0 Å². The standard InChI is InChI=1S/C12H10F2N2O4/c1-12(7-4-6(13)2-3-8(7)14)10(19)16(5-9(17)18)11(20)15-12/h2-4H,5H2,1H3,(H,15,20)(H,17,18). The quantitative estimate of drug-likeness (QED) is 0.804. The van der Waals surface area contributed by atoms with Gasteiger partial charge >= 0.3 is 12.0 Å². The van der Waals surface area contributed by atoms with Crippen LogP contribution in [0.2, 0.25) is 0 Å². The highest BCUT2D eigenvalue weighted by Crippen LogP contribution is 2.30. The summed E-state index contributed by atoms with van der Waals surface area (Å²) < 4.78 is 27.0. The van der Waals surface area contributed by atoms with Gasteiger partial charge in [0.05, 0.1) is 0 Å². The molecule has 1 heterocycles. The number of nitrogens with one attached hydrogen (secondary N) is 1. The lowest BCUT2D eigenvalue weighted by molar-refractivity contribution is -0.142. The highest BCUT2D eigenvalue weighted by molar-refractivity contribution is 6.08. The number of aliphatic carboxylic acids is 1. The molecule has 8 heteroatoms. The van der Waals surface area contributed by atoms with Crippen molar-refractivity contribution in [2.45, 2.75) is 12.5 Å². The molecule has 0 bridgehead atoms. The maximum absolute atomic E-state index is 13.8. The van der Waals surface area contributed by atoms with Crippen molar-refractivity contribution >= 4 is 17.9 Å². The molecule has 1 aromatic carbocycles. The Labute approximate surface area is 112 Å². The first-order valence-corrected chi connectivity index (χ1v) is 5.57. The number of imide groups is 1. The van der Waals surface area contributed by atoms with Crippen LogP contribution in [0.4, 0.5) is 13.6 Å². The number of nitrogens with zero attached hydrogens (tertiary/aromatic N) is 1. The molecule has 1 aliphatic rings. The van der Waals surface area contributed by atoms with Crippen LogP contribution in [0.15, 0.2) is 18.2 Å². The minimum absolute atomic E-state index is 0.358. The van der Waals surface area contributed by atoms with Crippen molar-refractivity contribution in [3.63, 3.8) is 0 Å². The van der Waals surface area contributed by atoms with Crippen molar-refractivity contribution < 1.29 is 28.3 Å². The van der Waals surface area contributed by atoms with Crippen LogP contribution in [0.1, 0.15) is 12.5 Å². The minimum Gasteiger partial charge on any atom is -0.480 e. The number of rotatable bonds is 3. The minimum atomic E-state index is -1.83. The Balaban J connectivity index is 2.46. The van der Waals surface area contributed by atoms with Crippen molar-refractivity contribution in [1.29, 1.82) is 0 Å². The van der Waals surface area contributed by atoms with Crippen LogP contribution in [0.25, 0.3) is 0 Å². The number of urea groups is 1. The molecule has 1 fully saturated rings. The largest absolute Gasteiger partial charge is 0.480 e. The third kappa shape index (κ3) is 2.09. The van der Waals surface area contributed by atoms with Gasteiger partial charge < -0.3 is 10.4 Å². The Kier molecular flexibility index (Phi) is 3.16. The lowest BCUT2D eigenvalue weighted by Crippen LogP contribution is -2.42. The van der Waals surface area contributed by atoms with Crippen LogP contribution >= 0.6 is 0 Å². The Morgan fingerprint density at radius 3 is 2.65 bits per heavy atom. The van der Waals surface area contributed by atoms with E-state index in [1.165, 1.54) is 6.92 Å². The molecule has 6 nitrogen and oxygen atoms in total. The molecule has 0 aliphatic carbocycles. The summed E-state index contributed by atoms with van der Waals surface area (Å²) in [6.45, 7) is 0.337. The zero-order chi connectivity index (χ0) is 15.1. The molecule has 2 rings (SSSR count). The maximum Gasteiger partial charge on any atom is 0.325 e. The summed E-state index contributed by atoms with van der Waals surface area (Å²) >= 11 is 0. The summed E-state index contributed by atoms with van der Waals surface area (Å²) in [5.74, 6) is -3.99. The Morgan fingerprint density at radius 1 is 1.40 bits per heavy atom. The summed E-state index contributed by atoms with van der Waals surface area (Å²) in [5.41, 5.74) is -2.19. The first-order chi connectivity index (χ1) is 9.25. The molecular weight excluding hydrogens is 274 g/mol. The van der Waals surface area contributed by atoms with Crippen LogP contribution in [-0.4, -0.2) is 34.5 Å². The molecule has 0 spiro atoms. The van der Waals surface area contributed by atoms with Gasteiger partial charge in [-0.2, -0.15) is 0 Å². The molecule has 0 radical (unpaired) electrons. The van der Waals surface area contributed by atoms with Gasteiger partial charge in [-0.15, -0.1) is 0 Å². The van der Waals surface area contributed by atoms with E-state index in [0.717, 1.165) is 18.2 Å². The molecular formula is C12H10F2N2O4. The monoisotopic (exact) mass is 284 g/mol. The summed E-state index contributed by atoms with van der Waals surface area (Å²) in [4.78, 5) is 34.8. The Bertz CT molecular complexity index is 619. The number of carbonyl (C=O) groups is 3. The van der Waals surface area contributed by atoms with Gasteiger partial charge in [-0.05, 0) is 25.1 Å². The van der Waals surface area contributed by atoms with Gasteiger partial charge in [0.1, 0.15) is 23.7 Å². The van der Waals surface area contributed by atoms with Crippen LogP contribution in [0.5, 0.6) is 0 Å². The first-order valence-electron chi connectivity index (χ1n) is 5.57. The number of hydrogen-bond donors (Lipinski definition) is 2. The number of halogens is 2. The van der Waals surface area contributed by atoms with Gasteiger partial charge in [0, 0.05) is 5.56 Å². The summed E-state index contributed by atoms with van der Waals surface area (Å²) in [5, 5.41) is 10.8. The molecule has 1 aliphatic heterocycles. The molecule has 1 aromatic rings. The lowest BCUT2D eigenvalue weighted by Gasteiger charge is -2.22. The predicted octanol–water partition coefficient (Wildman–Crippen LogP) is 0.816. The topological polar surface area (TPSA) is 86.7 Å². The number of hydrogen-bond acceptors (Lipinski definition) is 3. The zero-order valence-corrected chi connectivity index (χ0v) is 10.3. The van der Waals surface area contributed by atoms with Gasteiger partial charge in [0.25, 0.3) is 5.91 Å². The maximum atomic E-state index is 13.8.